The number of aryl methyl sites for hydroxylation is 2. The van der Waals surface area contributed by atoms with E-state index < -0.39 is 0 Å². The molecule has 0 bridgehead atoms. The SMILES string of the molecule is Cc1cccc(Nc2nc(Nc3ccc(S)cc3)nc(Nc3cccc(C)c3)n2)c1. The van der Waals surface area contributed by atoms with Crippen LogP contribution in [-0.2, 0) is 0 Å². The average molecular weight is 415 g/mol. The van der Waals surface area contributed by atoms with E-state index in [1.807, 2.05) is 86.6 Å². The van der Waals surface area contributed by atoms with E-state index in [0.29, 0.717) is 17.8 Å². The van der Waals surface area contributed by atoms with Gasteiger partial charge < -0.3 is 16.0 Å². The molecule has 7 heteroatoms. The van der Waals surface area contributed by atoms with Crippen LogP contribution in [0.15, 0.2) is 77.7 Å². The van der Waals surface area contributed by atoms with Crippen molar-refractivity contribution in [1.29, 1.82) is 0 Å². The second-order valence-corrected chi connectivity index (χ2v) is 7.48. The van der Waals surface area contributed by atoms with Crippen LogP contribution in [0.1, 0.15) is 11.1 Å². The first-order valence-electron chi connectivity index (χ1n) is 9.53. The highest BCUT2D eigenvalue weighted by Crippen LogP contribution is 2.22. The van der Waals surface area contributed by atoms with Crippen molar-refractivity contribution in [1.82, 2.24) is 15.0 Å². The first-order valence-corrected chi connectivity index (χ1v) is 9.98. The quantitative estimate of drug-likeness (QED) is 0.290. The maximum atomic E-state index is 4.54. The fourth-order valence-corrected chi connectivity index (χ4v) is 3.07. The van der Waals surface area contributed by atoms with Crippen molar-refractivity contribution < 1.29 is 0 Å². The number of anilines is 6. The van der Waals surface area contributed by atoms with Crippen molar-refractivity contribution in [3.05, 3.63) is 83.9 Å². The molecule has 0 spiro atoms. The first-order chi connectivity index (χ1) is 14.5. The summed E-state index contributed by atoms with van der Waals surface area (Å²) in [6.07, 6.45) is 0. The Labute approximate surface area is 181 Å². The molecule has 0 aliphatic carbocycles. The second-order valence-electron chi connectivity index (χ2n) is 6.97. The average Bonchev–Trinajstić information content (AvgIpc) is 2.70. The summed E-state index contributed by atoms with van der Waals surface area (Å²) in [6.45, 7) is 4.09. The fourth-order valence-electron chi connectivity index (χ4n) is 2.92. The minimum absolute atomic E-state index is 0.433. The van der Waals surface area contributed by atoms with Gasteiger partial charge in [0.05, 0.1) is 0 Å². The standard InChI is InChI=1S/C23H22N6S/c1-15-5-3-7-18(13-15)25-22-27-21(24-17-9-11-20(30)12-10-17)28-23(29-22)26-19-8-4-6-16(2)14-19/h3-14,30H,1-2H3,(H3,24,25,26,27,28,29). The van der Waals surface area contributed by atoms with Crippen LogP contribution in [-0.4, -0.2) is 15.0 Å². The molecule has 0 radical (unpaired) electrons. The Hall–Kier alpha value is -3.58. The second kappa shape index (κ2) is 8.84. The molecule has 6 nitrogen and oxygen atoms in total. The minimum atomic E-state index is 0.433. The maximum absolute atomic E-state index is 4.54. The highest BCUT2D eigenvalue weighted by molar-refractivity contribution is 7.80. The highest BCUT2D eigenvalue weighted by atomic mass is 32.1. The lowest BCUT2D eigenvalue weighted by Crippen LogP contribution is -2.07. The first kappa shape index (κ1) is 19.7. The molecule has 0 fully saturated rings. The van der Waals surface area contributed by atoms with Crippen LogP contribution in [0.2, 0.25) is 0 Å². The lowest BCUT2D eigenvalue weighted by molar-refractivity contribution is 1.06. The molecule has 3 N–H and O–H groups in total. The largest absolute Gasteiger partial charge is 0.324 e. The van der Waals surface area contributed by atoms with E-state index in [1.165, 1.54) is 0 Å². The number of hydrogen-bond donors (Lipinski definition) is 4. The minimum Gasteiger partial charge on any atom is -0.324 e. The lowest BCUT2D eigenvalue weighted by atomic mass is 10.2. The Morgan fingerprint density at radius 3 is 1.43 bits per heavy atom. The van der Waals surface area contributed by atoms with E-state index in [4.69, 9.17) is 0 Å². The lowest BCUT2D eigenvalue weighted by Gasteiger charge is -2.12. The third-order valence-corrected chi connectivity index (χ3v) is 4.61. The van der Waals surface area contributed by atoms with Crippen LogP contribution in [0.25, 0.3) is 0 Å². The number of rotatable bonds is 6. The zero-order chi connectivity index (χ0) is 20.9. The third-order valence-electron chi connectivity index (χ3n) is 4.31. The zero-order valence-electron chi connectivity index (χ0n) is 16.7. The smallest absolute Gasteiger partial charge is 0.233 e. The normalized spacial score (nSPS) is 10.5. The van der Waals surface area contributed by atoms with Gasteiger partial charge in [0, 0.05) is 22.0 Å². The van der Waals surface area contributed by atoms with E-state index in [9.17, 15) is 0 Å². The van der Waals surface area contributed by atoms with Gasteiger partial charge in [-0.15, -0.1) is 12.6 Å². The summed E-state index contributed by atoms with van der Waals surface area (Å²) in [5, 5.41) is 9.76. The van der Waals surface area contributed by atoms with Gasteiger partial charge >= 0.3 is 0 Å². The molecule has 0 aliphatic rings. The van der Waals surface area contributed by atoms with Gasteiger partial charge in [0.2, 0.25) is 17.8 Å². The van der Waals surface area contributed by atoms with Crippen LogP contribution in [0.4, 0.5) is 34.9 Å². The Bertz CT molecular complexity index is 1090. The Morgan fingerprint density at radius 1 is 0.567 bits per heavy atom. The van der Waals surface area contributed by atoms with E-state index in [-0.39, 0.29) is 0 Å². The van der Waals surface area contributed by atoms with Gasteiger partial charge in [0.1, 0.15) is 0 Å². The van der Waals surface area contributed by atoms with Gasteiger partial charge in [-0.1, -0.05) is 24.3 Å². The van der Waals surface area contributed by atoms with Crippen LogP contribution in [0, 0.1) is 13.8 Å². The summed E-state index contributed by atoms with van der Waals surface area (Å²) < 4.78 is 0. The summed E-state index contributed by atoms with van der Waals surface area (Å²) >= 11 is 4.33. The van der Waals surface area contributed by atoms with Crippen LogP contribution < -0.4 is 16.0 Å². The number of aromatic nitrogens is 3. The van der Waals surface area contributed by atoms with Gasteiger partial charge in [-0.05, 0) is 73.5 Å². The van der Waals surface area contributed by atoms with Crippen LogP contribution in [0.5, 0.6) is 0 Å². The number of nitrogens with zero attached hydrogens (tertiary/aromatic N) is 3. The van der Waals surface area contributed by atoms with Gasteiger partial charge in [-0.2, -0.15) is 15.0 Å². The van der Waals surface area contributed by atoms with Crippen molar-refractivity contribution in [2.24, 2.45) is 0 Å². The summed E-state index contributed by atoms with van der Waals surface area (Å²) in [5.41, 5.74) is 4.98. The Kier molecular flexibility index (Phi) is 5.81. The predicted molar refractivity (Wildman–Crippen MR) is 126 cm³/mol. The summed E-state index contributed by atoms with van der Waals surface area (Å²) in [6, 6.07) is 23.8. The van der Waals surface area contributed by atoms with Gasteiger partial charge in [-0.3, -0.25) is 0 Å². The summed E-state index contributed by atoms with van der Waals surface area (Å²) in [5.74, 6) is 1.32. The molecule has 4 rings (SSSR count). The monoisotopic (exact) mass is 414 g/mol. The van der Waals surface area contributed by atoms with E-state index in [2.05, 4.69) is 43.5 Å². The number of hydrogen-bond acceptors (Lipinski definition) is 7. The van der Waals surface area contributed by atoms with Gasteiger partial charge in [-0.25, -0.2) is 0 Å². The third kappa shape index (κ3) is 5.27. The highest BCUT2D eigenvalue weighted by Gasteiger charge is 2.09. The van der Waals surface area contributed by atoms with Crippen molar-refractivity contribution in [3.63, 3.8) is 0 Å². The molecule has 0 atom stereocenters. The molecule has 3 aromatic carbocycles. The van der Waals surface area contributed by atoms with E-state index in [1.54, 1.807) is 0 Å². The maximum Gasteiger partial charge on any atom is 0.233 e. The Balaban J connectivity index is 1.66. The van der Waals surface area contributed by atoms with Crippen molar-refractivity contribution in [2.75, 3.05) is 16.0 Å². The number of thiol groups is 1. The van der Waals surface area contributed by atoms with Crippen molar-refractivity contribution >= 4 is 47.5 Å². The molecule has 0 saturated heterocycles. The molecule has 150 valence electrons. The predicted octanol–water partition coefficient (Wildman–Crippen LogP) is 6.01. The molecule has 1 heterocycles. The van der Waals surface area contributed by atoms with Crippen molar-refractivity contribution in [2.45, 2.75) is 18.7 Å². The molecular weight excluding hydrogens is 392 g/mol. The molecule has 0 unspecified atom stereocenters. The molecule has 0 saturated carbocycles. The molecule has 0 amide bonds. The molecule has 1 aromatic heterocycles. The van der Waals surface area contributed by atoms with Gasteiger partial charge in [0.25, 0.3) is 0 Å². The van der Waals surface area contributed by atoms with Crippen LogP contribution in [0.3, 0.4) is 0 Å². The van der Waals surface area contributed by atoms with Crippen molar-refractivity contribution in [3.8, 4) is 0 Å². The van der Waals surface area contributed by atoms with Gasteiger partial charge in [0.15, 0.2) is 0 Å². The topological polar surface area (TPSA) is 74.8 Å². The molecular formula is C23H22N6S. The zero-order valence-corrected chi connectivity index (χ0v) is 17.6. The number of nitrogens with one attached hydrogen (secondary N) is 3. The summed E-state index contributed by atoms with van der Waals surface area (Å²) in [4.78, 5) is 14.5. The van der Waals surface area contributed by atoms with E-state index >= 15 is 0 Å². The molecule has 0 aliphatic heterocycles. The van der Waals surface area contributed by atoms with Crippen LogP contribution >= 0.6 is 12.6 Å². The molecule has 30 heavy (non-hydrogen) atoms. The summed E-state index contributed by atoms with van der Waals surface area (Å²) in [7, 11) is 0. The van der Waals surface area contributed by atoms with E-state index in [0.717, 1.165) is 33.1 Å². The molecule has 4 aromatic rings. The fraction of sp³-hybridized carbons (Fsp3) is 0.0870. The Morgan fingerprint density at radius 2 is 1.00 bits per heavy atom. The number of benzene rings is 3.